The number of benzene rings is 2. The molecule has 0 aromatic heterocycles. The summed E-state index contributed by atoms with van der Waals surface area (Å²) in [6.45, 7) is 0.416. The minimum absolute atomic E-state index is 0.101. The Morgan fingerprint density at radius 1 is 1.26 bits per heavy atom. The molecule has 0 aliphatic carbocycles. The van der Waals surface area contributed by atoms with E-state index in [4.69, 9.17) is 16.9 Å². The highest BCUT2D eigenvalue weighted by molar-refractivity contribution is 9.10. The molecular formula is C14H9BrClFN2. The predicted octanol–water partition coefficient (Wildman–Crippen LogP) is 4.73. The Kier molecular flexibility index (Phi) is 4.41. The molecule has 1 N–H and O–H groups in total. The van der Waals surface area contributed by atoms with Crippen LogP contribution in [0.1, 0.15) is 11.1 Å². The predicted molar refractivity (Wildman–Crippen MR) is 77.6 cm³/mol. The van der Waals surface area contributed by atoms with Crippen LogP contribution in [0.5, 0.6) is 0 Å². The van der Waals surface area contributed by atoms with Crippen LogP contribution in [-0.4, -0.2) is 0 Å². The fraction of sp³-hybridized carbons (Fsp3) is 0.0714. The molecule has 0 spiro atoms. The Labute approximate surface area is 123 Å². The standard InChI is InChI=1S/C14H9BrClFN2/c15-11-3-2-10(7-18)14(6-11)19-8-9-1-4-12(16)13(17)5-9/h1-6,19H,8H2. The van der Waals surface area contributed by atoms with Gasteiger partial charge in [0.15, 0.2) is 0 Å². The molecule has 2 aromatic rings. The first-order chi connectivity index (χ1) is 9.10. The summed E-state index contributed by atoms with van der Waals surface area (Å²) in [6.07, 6.45) is 0. The Hall–Kier alpha value is -1.57. The van der Waals surface area contributed by atoms with Gasteiger partial charge in [-0.1, -0.05) is 33.6 Å². The minimum Gasteiger partial charge on any atom is -0.380 e. The largest absolute Gasteiger partial charge is 0.380 e. The maximum atomic E-state index is 13.3. The molecule has 0 aliphatic rings. The van der Waals surface area contributed by atoms with E-state index in [-0.39, 0.29) is 5.02 Å². The number of hydrogen-bond donors (Lipinski definition) is 1. The van der Waals surface area contributed by atoms with E-state index in [0.29, 0.717) is 17.8 Å². The van der Waals surface area contributed by atoms with Crippen molar-refractivity contribution < 1.29 is 4.39 Å². The second kappa shape index (κ2) is 6.05. The van der Waals surface area contributed by atoms with Gasteiger partial charge in [-0.3, -0.25) is 0 Å². The van der Waals surface area contributed by atoms with Crippen molar-refractivity contribution in [3.63, 3.8) is 0 Å². The highest BCUT2D eigenvalue weighted by Crippen LogP contribution is 2.22. The molecule has 5 heteroatoms. The Balaban J connectivity index is 2.16. The Bertz CT molecular complexity index is 652. The van der Waals surface area contributed by atoms with Gasteiger partial charge in [-0.05, 0) is 35.9 Å². The second-order valence-electron chi connectivity index (χ2n) is 3.90. The molecule has 2 rings (SSSR count). The summed E-state index contributed by atoms with van der Waals surface area (Å²) in [5, 5.41) is 12.2. The van der Waals surface area contributed by atoms with Crippen LogP contribution < -0.4 is 5.32 Å². The number of anilines is 1. The van der Waals surface area contributed by atoms with Crippen molar-refractivity contribution in [1.82, 2.24) is 0 Å². The quantitative estimate of drug-likeness (QED) is 0.878. The number of nitrogens with one attached hydrogen (secondary N) is 1. The van der Waals surface area contributed by atoms with Crippen molar-refractivity contribution in [2.24, 2.45) is 0 Å². The zero-order valence-corrected chi connectivity index (χ0v) is 12.1. The van der Waals surface area contributed by atoms with Gasteiger partial charge in [-0.15, -0.1) is 0 Å². The smallest absolute Gasteiger partial charge is 0.142 e. The van der Waals surface area contributed by atoms with Crippen molar-refractivity contribution in [1.29, 1.82) is 5.26 Å². The van der Waals surface area contributed by atoms with Gasteiger partial charge in [-0.25, -0.2) is 4.39 Å². The molecule has 0 unspecified atom stereocenters. The molecule has 19 heavy (non-hydrogen) atoms. The zero-order chi connectivity index (χ0) is 13.8. The molecule has 0 saturated carbocycles. The number of nitriles is 1. The summed E-state index contributed by atoms with van der Waals surface area (Å²) in [5.41, 5.74) is 2.00. The normalized spacial score (nSPS) is 10.0. The molecule has 0 amide bonds. The Morgan fingerprint density at radius 2 is 2.05 bits per heavy atom. The van der Waals surface area contributed by atoms with E-state index in [0.717, 1.165) is 10.0 Å². The lowest BCUT2D eigenvalue weighted by Gasteiger charge is -2.09. The van der Waals surface area contributed by atoms with Gasteiger partial charge in [0.05, 0.1) is 16.3 Å². The molecule has 0 radical (unpaired) electrons. The van der Waals surface area contributed by atoms with Gasteiger partial charge >= 0.3 is 0 Å². The molecule has 2 aromatic carbocycles. The molecule has 2 nitrogen and oxygen atoms in total. The van der Waals surface area contributed by atoms with Crippen LogP contribution in [0.25, 0.3) is 0 Å². The summed E-state index contributed by atoms with van der Waals surface area (Å²) in [7, 11) is 0. The van der Waals surface area contributed by atoms with E-state index in [1.54, 1.807) is 18.2 Å². The third kappa shape index (κ3) is 3.46. The van der Waals surface area contributed by atoms with Crippen molar-refractivity contribution in [2.45, 2.75) is 6.54 Å². The number of halogens is 3. The molecule has 0 heterocycles. The molecule has 0 fully saturated rings. The third-order valence-corrected chi connectivity index (χ3v) is 3.37. The third-order valence-electron chi connectivity index (χ3n) is 2.57. The SMILES string of the molecule is N#Cc1ccc(Br)cc1NCc1ccc(Cl)c(F)c1. The lowest BCUT2D eigenvalue weighted by molar-refractivity contribution is 0.626. The van der Waals surface area contributed by atoms with Gasteiger partial charge < -0.3 is 5.32 Å². The summed E-state index contributed by atoms with van der Waals surface area (Å²) in [5.74, 6) is -0.448. The average molecular weight is 340 g/mol. The monoisotopic (exact) mass is 338 g/mol. The first-order valence-corrected chi connectivity index (χ1v) is 6.64. The molecule has 0 atom stereocenters. The highest BCUT2D eigenvalue weighted by atomic mass is 79.9. The summed E-state index contributed by atoms with van der Waals surface area (Å²) >= 11 is 8.97. The van der Waals surface area contributed by atoms with Gasteiger partial charge in [0.25, 0.3) is 0 Å². The van der Waals surface area contributed by atoms with Crippen molar-refractivity contribution in [3.8, 4) is 6.07 Å². The van der Waals surface area contributed by atoms with Crippen molar-refractivity contribution >= 4 is 33.2 Å². The number of nitrogens with zero attached hydrogens (tertiary/aromatic N) is 1. The van der Waals surface area contributed by atoms with Crippen LogP contribution in [0.2, 0.25) is 5.02 Å². The molecule has 96 valence electrons. The van der Waals surface area contributed by atoms with Gasteiger partial charge in [-0.2, -0.15) is 5.26 Å². The lowest BCUT2D eigenvalue weighted by Crippen LogP contribution is -2.01. The van der Waals surface area contributed by atoms with Gasteiger partial charge in [0.1, 0.15) is 11.9 Å². The van der Waals surface area contributed by atoms with E-state index in [1.165, 1.54) is 12.1 Å². The van der Waals surface area contributed by atoms with E-state index < -0.39 is 5.82 Å². The topological polar surface area (TPSA) is 35.8 Å². The summed E-state index contributed by atoms with van der Waals surface area (Å²) < 4.78 is 14.2. The fourth-order valence-electron chi connectivity index (χ4n) is 1.61. The minimum atomic E-state index is -0.448. The van der Waals surface area contributed by atoms with E-state index >= 15 is 0 Å². The van der Waals surface area contributed by atoms with Crippen LogP contribution in [-0.2, 0) is 6.54 Å². The van der Waals surface area contributed by atoms with Crippen LogP contribution in [0.15, 0.2) is 40.9 Å². The second-order valence-corrected chi connectivity index (χ2v) is 5.23. The molecule has 0 aliphatic heterocycles. The zero-order valence-electron chi connectivity index (χ0n) is 9.75. The molecular weight excluding hydrogens is 331 g/mol. The van der Waals surface area contributed by atoms with Crippen LogP contribution in [0, 0.1) is 17.1 Å². The first kappa shape index (κ1) is 13.9. The van der Waals surface area contributed by atoms with Gasteiger partial charge in [0.2, 0.25) is 0 Å². The van der Waals surface area contributed by atoms with Crippen LogP contribution in [0.4, 0.5) is 10.1 Å². The van der Waals surface area contributed by atoms with E-state index in [9.17, 15) is 4.39 Å². The highest BCUT2D eigenvalue weighted by Gasteiger charge is 2.04. The van der Waals surface area contributed by atoms with Crippen LogP contribution in [0.3, 0.4) is 0 Å². The van der Waals surface area contributed by atoms with Gasteiger partial charge in [0, 0.05) is 11.0 Å². The Morgan fingerprint density at radius 3 is 2.74 bits per heavy atom. The van der Waals surface area contributed by atoms with Crippen molar-refractivity contribution in [3.05, 3.63) is 62.8 Å². The summed E-state index contributed by atoms with van der Waals surface area (Å²) in [4.78, 5) is 0. The first-order valence-electron chi connectivity index (χ1n) is 5.47. The number of hydrogen-bond acceptors (Lipinski definition) is 2. The van der Waals surface area contributed by atoms with Crippen LogP contribution >= 0.6 is 27.5 Å². The summed E-state index contributed by atoms with van der Waals surface area (Å²) in [6, 6.07) is 12.1. The number of rotatable bonds is 3. The lowest BCUT2D eigenvalue weighted by atomic mass is 10.1. The van der Waals surface area contributed by atoms with Crippen molar-refractivity contribution in [2.75, 3.05) is 5.32 Å². The van der Waals surface area contributed by atoms with E-state index in [2.05, 4.69) is 27.3 Å². The molecule has 0 saturated heterocycles. The maximum absolute atomic E-state index is 13.3. The average Bonchev–Trinajstić information content (AvgIpc) is 2.40. The maximum Gasteiger partial charge on any atom is 0.142 e. The fourth-order valence-corrected chi connectivity index (χ4v) is 2.09. The molecule has 0 bridgehead atoms. The van der Waals surface area contributed by atoms with E-state index in [1.807, 2.05) is 6.07 Å².